The molecule has 0 aromatic heterocycles. The van der Waals surface area contributed by atoms with Crippen LogP contribution in [0.25, 0.3) is 0 Å². The zero-order valence-corrected chi connectivity index (χ0v) is 13.0. The predicted molar refractivity (Wildman–Crippen MR) is 88.5 cm³/mol. The summed E-state index contributed by atoms with van der Waals surface area (Å²) in [5, 5.41) is 26.0. The Kier molecular flexibility index (Phi) is 4.84. The third kappa shape index (κ3) is 3.70. The Morgan fingerprint density at radius 1 is 1.00 bits per heavy atom. The molecular weight excluding hydrogens is 310 g/mol. The van der Waals surface area contributed by atoms with E-state index in [4.69, 9.17) is 11.1 Å². The van der Waals surface area contributed by atoms with E-state index in [0.717, 1.165) is 6.07 Å². The lowest BCUT2D eigenvalue weighted by Gasteiger charge is -2.16. The van der Waals surface area contributed by atoms with Crippen LogP contribution >= 0.6 is 0 Å². The summed E-state index contributed by atoms with van der Waals surface area (Å²) in [7, 11) is 1.49. The van der Waals surface area contributed by atoms with Crippen LogP contribution in [-0.4, -0.2) is 46.2 Å². The highest BCUT2D eigenvalue weighted by molar-refractivity contribution is 6.03. The molecule has 7 nitrogen and oxygen atoms in total. The summed E-state index contributed by atoms with van der Waals surface area (Å²) in [6.45, 7) is -0.183. The number of phenolic OH excluding ortho intramolecular Hbond substituents is 2. The number of nitrogens with two attached hydrogens (primary N) is 1. The third-order valence-electron chi connectivity index (χ3n) is 3.47. The number of amidine groups is 1. The van der Waals surface area contributed by atoms with Crippen LogP contribution in [0.4, 0.5) is 0 Å². The number of phenols is 2. The van der Waals surface area contributed by atoms with Crippen molar-refractivity contribution in [1.82, 2.24) is 4.90 Å². The summed E-state index contributed by atoms with van der Waals surface area (Å²) in [5.41, 5.74) is 6.42. The van der Waals surface area contributed by atoms with Crippen LogP contribution < -0.4 is 5.73 Å². The van der Waals surface area contributed by atoms with Crippen molar-refractivity contribution >= 4 is 17.5 Å². The van der Waals surface area contributed by atoms with Crippen LogP contribution in [0.2, 0.25) is 0 Å². The van der Waals surface area contributed by atoms with Gasteiger partial charge < -0.3 is 20.8 Å². The molecule has 124 valence electrons. The van der Waals surface area contributed by atoms with E-state index in [-0.39, 0.29) is 35.4 Å². The van der Waals surface area contributed by atoms with Crippen LogP contribution in [0, 0.1) is 5.41 Å². The second-order valence-corrected chi connectivity index (χ2v) is 5.28. The van der Waals surface area contributed by atoms with Gasteiger partial charge in [-0.25, -0.2) is 0 Å². The lowest BCUT2D eigenvalue weighted by molar-refractivity contribution is 0.0747. The van der Waals surface area contributed by atoms with Crippen LogP contribution in [0.3, 0.4) is 0 Å². The number of carbonyl (C=O) groups is 2. The summed E-state index contributed by atoms with van der Waals surface area (Å²) < 4.78 is 0. The number of amides is 1. The molecule has 0 radical (unpaired) electrons. The van der Waals surface area contributed by atoms with Gasteiger partial charge in [-0.2, -0.15) is 0 Å². The van der Waals surface area contributed by atoms with Gasteiger partial charge in [0, 0.05) is 23.7 Å². The van der Waals surface area contributed by atoms with E-state index in [1.165, 1.54) is 36.2 Å². The van der Waals surface area contributed by atoms with Crippen LogP contribution in [0.5, 0.6) is 11.5 Å². The van der Waals surface area contributed by atoms with E-state index in [9.17, 15) is 19.8 Å². The van der Waals surface area contributed by atoms with Crippen molar-refractivity contribution in [2.45, 2.75) is 0 Å². The Balaban J connectivity index is 2.08. The number of likely N-dealkylation sites (N-methyl/N-ethyl adjacent to an activating group) is 1. The zero-order chi connectivity index (χ0) is 17.9. The molecule has 0 aliphatic carbocycles. The number of Topliss-reactive ketones (excluding diaryl/α,β-unsaturated/α-hetero) is 1. The predicted octanol–water partition coefficient (Wildman–Crippen LogP) is 1.34. The van der Waals surface area contributed by atoms with Gasteiger partial charge in [0.15, 0.2) is 17.3 Å². The molecule has 0 bridgehead atoms. The average molecular weight is 327 g/mol. The lowest BCUT2D eigenvalue weighted by Crippen LogP contribution is -2.32. The molecule has 2 rings (SSSR count). The van der Waals surface area contributed by atoms with Gasteiger partial charge in [-0.3, -0.25) is 15.0 Å². The quantitative estimate of drug-likeness (QED) is 0.285. The van der Waals surface area contributed by atoms with E-state index < -0.39 is 5.75 Å². The maximum atomic E-state index is 12.3. The number of hydrogen-bond donors (Lipinski definition) is 4. The van der Waals surface area contributed by atoms with Gasteiger partial charge in [-0.15, -0.1) is 0 Å². The summed E-state index contributed by atoms with van der Waals surface area (Å²) in [5.74, 6) is -1.54. The largest absolute Gasteiger partial charge is 0.504 e. The van der Waals surface area contributed by atoms with Crippen LogP contribution in [-0.2, 0) is 0 Å². The van der Waals surface area contributed by atoms with E-state index in [1.807, 2.05) is 0 Å². The monoisotopic (exact) mass is 327 g/mol. The number of nitrogen functional groups attached to an aromatic ring is 1. The van der Waals surface area contributed by atoms with Crippen molar-refractivity contribution in [3.63, 3.8) is 0 Å². The highest BCUT2D eigenvalue weighted by Gasteiger charge is 2.17. The van der Waals surface area contributed by atoms with Gasteiger partial charge in [0.1, 0.15) is 5.84 Å². The average Bonchev–Trinajstić information content (AvgIpc) is 2.56. The zero-order valence-electron chi connectivity index (χ0n) is 13.0. The van der Waals surface area contributed by atoms with Gasteiger partial charge in [0.05, 0.1) is 6.54 Å². The number of nitrogens with one attached hydrogen (secondary N) is 1. The first-order valence-corrected chi connectivity index (χ1v) is 7.04. The molecule has 0 fully saturated rings. The molecule has 0 aliphatic rings. The van der Waals surface area contributed by atoms with Crippen molar-refractivity contribution in [2.75, 3.05) is 13.6 Å². The van der Waals surface area contributed by atoms with E-state index in [1.54, 1.807) is 12.1 Å². The number of rotatable bonds is 5. The second-order valence-electron chi connectivity index (χ2n) is 5.28. The number of nitrogens with zero attached hydrogens (tertiary/aromatic N) is 1. The van der Waals surface area contributed by atoms with Crippen molar-refractivity contribution in [3.8, 4) is 11.5 Å². The molecule has 24 heavy (non-hydrogen) atoms. The van der Waals surface area contributed by atoms with Gasteiger partial charge in [0.25, 0.3) is 5.91 Å². The number of hydrogen-bond acceptors (Lipinski definition) is 5. The summed E-state index contributed by atoms with van der Waals surface area (Å²) in [6.07, 6.45) is 0. The molecule has 0 saturated carbocycles. The molecule has 0 spiro atoms. The van der Waals surface area contributed by atoms with Crippen molar-refractivity contribution in [3.05, 3.63) is 59.2 Å². The maximum Gasteiger partial charge on any atom is 0.254 e. The normalized spacial score (nSPS) is 10.2. The molecule has 0 aliphatic heterocycles. The molecule has 1 amide bonds. The minimum Gasteiger partial charge on any atom is -0.504 e. The van der Waals surface area contributed by atoms with E-state index in [2.05, 4.69) is 0 Å². The fraction of sp³-hybridized carbons (Fsp3) is 0.118. The van der Waals surface area contributed by atoms with E-state index >= 15 is 0 Å². The van der Waals surface area contributed by atoms with Crippen LogP contribution in [0.1, 0.15) is 26.3 Å². The van der Waals surface area contributed by atoms with Gasteiger partial charge >= 0.3 is 0 Å². The van der Waals surface area contributed by atoms with Gasteiger partial charge in [-0.1, -0.05) is 12.1 Å². The Labute approximate surface area is 138 Å². The number of ketones is 1. The molecule has 7 heteroatoms. The standard InChI is InChI=1S/C17H17N3O4/c1-20(9-15(23)12-6-7-13(21)14(22)8-12)17(24)11-4-2-10(3-5-11)16(18)19/h2-8,21-22H,9H2,1H3,(H3,18,19). The fourth-order valence-electron chi connectivity index (χ4n) is 2.09. The second kappa shape index (κ2) is 6.82. The van der Waals surface area contributed by atoms with Gasteiger partial charge in [0.2, 0.25) is 0 Å². The Morgan fingerprint density at radius 3 is 2.08 bits per heavy atom. The summed E-state index contributed by atoms with van der Waals surface area (Å²) in [6, 6.07) is 9.92. The number of benzene rings is 2. The number of carbonyl (C=O) groups excluding carboxylic acids is 2. The Bertz CT molecular complexity index is 800. The highest BCUT2D eigenvalue weighted by Crippen LogP contribution is 2.25. The first-order valence-electron chi connectivity index (χ1n) is 7.04. The summed E-state index contributed by atoms with van der Waals surface area (Å²) >= 11 is 0. The molecule has 2 aromatic carbocycles. The molecule has 2 aromatic rings. The van der Waals surface area contributed by atoms with Crippen molar-refractivity contribution in [1.29, 1.82) is 5.41 Å². The number of aromatic hydroxyl groups is 2. The molecular formula is C17H17N3O4. The van der Waals surface area contributed by atoms with E-state index in [0.29, 0.717) is 11.1 Å². The molecule has 0 atom stereocenters. The minimum absolute atomic E-state index is 0.0929. The molecule has 0 heterocycles. The van der Waals surface area contributed by atoms with Crippen molar-refractivity contribution < 1.29 is 19.8 Å². The summed E-state index contributed by atoms with van der Waals surface area (Å²) in [4.78, 5) is 25.7. The first kappa shape index (κ1) is 17.0. The first-order chi connectivity index (χ1) is 11.3. The molecule has 5 N–H and O–H groups in total. The Morgan fingerprint density at radius 2 is 1.54 bits per heavy atom. The minimum atomic E-state index is -0.394. The fourth-order valence-corrected chi connectivity index (χ4v) is 2.09. The maximum absolute atomic E-state index is 12.3. The topological polar surface area (TPSA) is 128 Å². The Hall–Kier alpha value is -3.35. The lowest BCUT2D eigenvalue weighted by atomic mass is 10.1. The highest BCUT2D eigenvalue weighted by atomic mass is 16.3. The molecule has 0 saturated heterocycles. The smallest absolute Gasteiger partial charge is 0.254 e. The van der Waals surface area contributed by atoms with Crippen molar-refractivity contribution in [2.24, 2.45) is 5.73 Å². The van der Waals surface area contributed by atoms with Crippen LogP contribution in [0.15, 0.2) is 42.5 Å². The molecule has 0 unspecified atom stereocenters. The SMILES string of the molecule is CN(CC(=O)c1ccc(O)c(O)c1)C(=O)c1ccc(C(=N)N)cc1. The van der Waals surface area contributed by atoms with Gasteiger partial charge in [-0.05, 0) is 30.3 Å². The third-order valence-corrected chi connectivity index (χ3v) is 3.47.